The monoisotopic (exact) mass is 281 g/mol. The average molecular weight is 282 g/mol. The van der Waals surface area contributed by atoms with E-state index in [9.17, 15) is 13.2 Å². The van der Waals surface area contributed by atoms with Crippen LogP contribution in [0, 0.1) is 0 Å². The van der Waals surface area contributed by atoms with E-state index in [-0.39, 0.29) is 13.0 Å². The Morgan fingerprint density at radius 2 is 2.00 bits per heavy atom. The molecule has 0 aliphatic carbocycles. The lowest BCUT2D eigenvalue weighted by Crippen LogP contribution is -2.11. The summed E-state index contributed by atoms with van der Waals surface area (Å²) in [4.78, 5) is 0. The van der Waals surface area contributed by atoms with E-state index >= 15 is 0 Å². The van der Waals surface area contributed by atoms with Crippen LogP contribution in [0.5, 0.6) is 5.75 Å². The molecule has 0 atom stereocenters. The summed E-state index contributed by atoms with van der Waals surface area (Å²) in [6, 6.07) is 5.08. The first-order valence-corrected chi connectivity index (χ1v) is 5.99. The average Bonchev–Trinajstić information content (AvgIpc) is 2.27. The van der Waals surface area contributed by atoms with Gasteiger partial charge in [0.15, 0.2) is 0 Å². The van der Waals surface area contributed by atoms with E-state index in [4.69, 9.17) is 22.1 Å². The molecule has 1 aromatic carbocycles. The van der Waals surface area contributed by atoms with E-state index in [1.165, 1.54) is 0 Å². The topological polar surface area (TPSA) is 35.2 Å². The second-order valence-corrected chi connectivity index (χ2v) is 4.23. The van der Waals surface area contributed by atoms with Crippen LogP contribution in [-0.2, 0) is 6.42 Å². The van der Waals surface area contributed by atoms with Gasteiger partial charge in [-0.25, -0.2) is 0 Å². The molecule has 6 heteroatoms. The third-order valence-electron chi connectivity index (χ3n) is 2.33. The zero-order valence-electron chi connectivity index (χ0n) is 9.77. The van der Waals surface area contributed by atoms with E-state index in [1.54, 1.807) is 18.2 Å². The normalized spacial score (nSPS) is 11.6. The minimum atomic E-state index is -4.14. The molecule has 0 radical (unpaired) electrons. The molecule has 102 valence electrons. The van der Waals surface area contributed by atoms with Crippen LogP contribution in [0.2, 0.25) is 5.02 Å². The van der Waals surface area contributed by atoms with E-state index in [1.807, 2.05) is 0 Å². The molecular weight excluding hydrogens is 267 g/mol. The van der Waals surface area contributed by atoms with Crippen LogP contribution in [0.3, 0.4) is 0 Å². The maximum Gasteiger partial charge on any atom is 0.389 e. The molecule has 0 fully saturated rings. The van der Waals surface area contributed by atoms with Crippen molar-refractivity contribution in [1.82, 2.24) is 0 Å². The maximum absolute atomic E-state index is 12.0. The highest BCUT2D eigenvalue weighted by Gasteiger charge is 2.26. The van der Waals surface area contributed by atoms with Crippen LogP contribution >= 0.6 is 11.6 Å². The lowest BCUT2D eigenvalue weighted by Gasteiger charge is -2.13. The first kappa shape index (κ1) is 15.1. The van der Waals surface area contributed by atoms with Crippen molar-refractivity contribution in [2.75, 3.05) is 13.2 Å². The molecular formula is C12H15ClF3NO. The zero-order valence-corrected chi connectivity index (χ0v) is 10.5. The van der Waals surface area contributed by atoms with E-state index in [0.29, 0.717) is 23.7 Å². The highest BCUT2D eigenvalue weighted by atomic mass is 35.5. The molecule has 0 spiro atoms. The van der Waals surface area contributed by atoms with Crippen molar-refractivity contribution in [3.05, 3.63) is 28.8 Å². The Morgan fingerprint density at radius 1 is 1.28 bits per heavy atom. The SMILES string of the molecule is NCCc1c(Cl)cccc1OCCCC(F)(F)F. The minimum absolute atomic E-state index is 0.0113. The van der Waals surface area contributed by atoms with Crippen LogP contribution in [0.1, 0.15) is 18.4 Å². The number of nitrogens with two attached hydrogens (primary N) is 1. The largest absolute Gasteiger partial charge is 0.493 e. The summed E-state index contributed by atoms with van der Waals surface area (Å²) >= 11 is 5.98. The molecule has 0 heterocycles. The number of hydrogen-bond donors (Lipinski definition) is 1. The van der Waals surface area contributed by atoms with Gasteiger partial charge in [-0.3, -0.25) is 0 Å². The second kappa shape index (κ2) is 6.85. The van der Waals surface area contributed by atoms with Crippen LogP contribution < -0.4 is 10.5 Å². The Morgan fingerprint density at radius 3 is 2.61 bits per heavy atom. The summed E-state index contributed by atoms with van der Waals surface area (Å²) < 4.78 is 41.2. The Kier molecular flexibility index (Phi) is 5.75. The van der Waals surface area contributed by atoms with Gasteiger partial charge in [-0.1, -0.05) is 17.7 Å². The number of halogens is 4. The van der Waals surface area contributed by atoms with Gasteiger partial charge >= 0.3 is 6.18 Å². The fraction of sp³-hybridized carbons (Fsp3) is 0.500. The number of rotatable bonds is 6. The van der Waals surface area contributed by atoms with Crippen LogP contribution in [0.15, 0.2) is 18.2 Å². The van der Waals surface area contributed by atoms with Gasteiger partial charge in [0.1, 0.15) is 5.75 Å². The van der Waals surface area contributed by atoms with Gasteiger partial charge in [0.25, 0.3) is 0 Å². The van der Waals surface area contributed by atoms with Gasteiger partial charge in [-0.15, -0.1) is 0 Å². The molecule has 0 aliphatic rings. The first-order chi connectivity index (χ1) is 8.44. The second-order valence-electron chi connectivity index (χ2n) is 3.82. The summed E-state index contributed by atoms with van der Waals surface area (Å²) in [7, 11) is 0. The van der Waals surface area contributed by atoms with Gasteiger partial charge < -0.3 is 10.5 Å². The van der Waals surface area contributed by atoms with Crippen molar-refractivity contribution in [2.45, 2.75) is 25.4 Å². The lowest BCUT2D eigenvalue weighted by molar-refractivity contribution is -0.136. The Labute approximate surface area is 109 Å². The molecule has 1 rings (SSSR count). The molecule has 0 aromatic heterocycles. The van der Waals surface area contributed by atoms with E-state index in [2.05, 4.69) is 0 Å². The highest BCUT2D eigenvalue weighted by molar-refractivity contribution is 6.31. The minimum Gasteiger partial charge on any atom is -0.493 e. The Balaban J connectivity index is 2.54. The molecule has 0 bridgehead atoms. The van der Waals surface area contributed by atoms with Gasteiger partial charge in [0.2, 0.25) is 0 Å². The molecule has 0 aliphatic heterocycles. The van der Waals surface area contributed by atoms with Crippen molar-refractivity contribution in [3.63, 3.8) is 0 Å². The number of hydrogen-bond acceptors (Lipinski definition) is 2. The third-order valence-corrected chi connectivity index (χ3v) is 2.69. The molecule has 2 nitrogen and oxygen atoms in total. The van der Waals surface area contributed by atoms with Crippen molar-refractivity contribution in [3.8, 4) is 5.75 Å². The molecule has 0 unspecified atom stereocenters. The number of ether oxygens (including phenoxy) is 1. The lowest BCUT2D eigenvalue weighted by atomic mass is 10.1. The first-order valence-electron chi connectivity index (χ1n) is 5.61. The smallest absolute Gasteiger partial charge is 0.389 e. The van der Waals surface area contributed by atoms with Crippen molar-refractivity contribution < 1.29 is 17.9 Å². The fourth-order valence-corrected chi connectivity index (χ4v) is 1.78. The van der Waals surface area contributed by atoms with E-state index < -0.39 is 12.6 Å². The molecule has 1 aromatic rings. The van der Waals surface area contributed by atoms with E-state index in [0.717, 1.165) is 5.56 Å². The number of benzene rings is 1. The third kappa shape index (κ3) is 5.14. The Bertz CT molecular complexity index is 382. The molecule has 0 saturated heterocycles. The molecule has 18 heavy (non-hydrogen) atoms. The predicted octanol–water partition coefficient (Wildman–Crippen LogP) is 3.56. The summed E-state index contributed by atoms with van der Waals surface area (Å²) in [5, 5.41) is 0.522. The standard InChI is InChI=1S/C12H15ClF3NO/c13-10-3-1-4-11(9(10)5-7-17)18-8-2-6-12(14,15)16/h1,3-4H,2,5-8,17H2. The maximum atomic E-state index is 12.0. The quantitative estimate of drug-likeness (QED) is 0.809. The van der Waals surface area contributed by atoms with Gasteiger partial charge in [0.05, 0.1) is 6.61 Å². The van der Waals surface area contributed by atoms with Crippen molar-refractivity contribution in [2.24, 2.45) is 5.73 Å². The summed E-state index contributed by atoms with van der Waals surface area (Å²) in [5.41, 5.74) is 6.19. The van der Waals surface area contributed by atoms with Crippen LogP contribution in [-0.4, -0.2) is 19.3 Å². The summed E-state index contributed by atoms with van der Waals surface area (Å²) in [6.07, 6.45) is -4.52. The molecule has 0 amide bonds. The van der Waals surface area contributed by atoms with Gasteiger partial charge in [0, 0.05) is 17.0 Å². The van der Waals surface area contributed by atoms with Crippen molar-refractivity contribution in [1.29, 1.82) is 0 Å². The van der Waals surface area contributed by atoms with Gasteiger partial charge in [-0.05, 0) is 31.5 Å². The van der Waals surface area contributed by atoms with Gasteiger partial charge in [-0.2, -0.15) is 13.2 Å². The molecule has 0 saturated carbocycles. The number of alkyl halides is 3. The van der Waals surface area contributed by atoms with Crippen LogP contribution in [0.4, 0.5) is 13.2 Å². The van der Waals surface area contributed by atoms with Crippen molar-refractivity contribution >= 4 is 11.6 Å². The summed E-state index contributed by atoms with van der Waals surface area (Å²) in [5.74, 6) is 0.509. The fourth-order valence-electron chi connectivity index (χ4n) is 1.52. The highest BCUT2D eigenvalue weighted by Crippen LogP contribution is 2.27. The van der Waals surface area contributed by atoms with Crippen LogP contribution in [0.25, 0.3) is 0 Å². The zero-order chi connectivity index (χ0) is 13.6. The molecule has 2 N–H and O–H groups in total. The predicted molar refractivity (Wildman–Crippen MR) is 65.0 cm³/mol. The Hall–Kier alpha value is -0.940. The summed E-state index contributed by atoms with van der Waals surface area (Å²) in [6.45, 7) is 0.417.